The van der Waals surface area contributed by atoms with Gasteiger partial charge in [-0.15, -0.1) is 0 Å². The van der Waals surface area contributed by atoms with Gasteiger partial charge in [-0.2, -0.15) is 0 Å². The number of halogens is 2. The number of imidazole rings is 1. The van der Waals surface area contributed by atoms with Crippen LogP contribution in [0.1, 0.15) is 16.2 Å². The number of aryl methyl sites for hydroxylation is 1. The molecule has 2 aromatic rings. The molecule has 0 aliphatic carbocycles. The molecule has 1 aromatic carbocycles. The van der Waals surface area contributed by atoms with Crippen LogP contribution in [-0.2, 0) is 13.6 Å². The fraction of sp³-hybridized carbons (Fsp3) is 0.231. The Morgan fingerprint density at radius 3 is 2.84 bits per heavy atom. The monoisotopic (exact) mass is 281 g/mol. The molecular formula is C13H13ClFN3O. The molecule has 0 aliphatic rings. The summed E-state index contributed by atoms with van der Waals surface area (Å²) in [5.74, 6) is 0.0235. The molecule has 1 aromatic heterocycles. The number of amides is 1. The van der Waals surface area contributed by atoms with Crippen LogP contribution >= 0.6 is 11.6 Å². The summed E-state index contributed by atoms with van der Waals surface area (Å²) in [7, 11) is 3.50. The predicted molar refractivity (Wildman–Crippen MR) is 70.4 cm³/mol. The van der Waals surface area contributed by atoms with Gasteiger partial charge in [0.25, 0.3) is 5.91 Å². The van der Waals surface area contributed by atoms with E-state index < -0.39 is 5.82 Å². The highest BCUT2D eigenvalue weighted by molar-refractivity contribution is 6.33. The molecule has 0 atom stereocenters. The van der Waals surface area contributed by atoms with Crippen LogP contribution in [0.2, 0.25) is 5.02 Å². The highest BCUT2D eigenvalue weighted by Crippen LogP contribution is 2.19. The van der Waals surface area contributed by atoms with E-state index in [0.29, 0.717) is 6.54 Å². The topological polar surface area (TPSA) is 38.1 Å². The summed E-state index contributed by atoms with van der Waals surface area (Å²) in [6.07, 6.45) is 3.47. The molecule has 0 aliphatic heterocycles. The standard InChI is InChI=1S/C13H13ClFN3O/c1-17-6-5-16-12(17)8-18(2)13(19)10-4-3-9(15)7-11(10)14/h3-7H,8H2,1-2H3. The average Bonchev–Trinajstić information content (AvgIpc) is 2.74. The zero-order valence-corrected chi connectivity index (χ0v) is 11.4. The number of hydrogen-bond donors (Lipinski definition) is 0. The zero-order chi connectivity index (χ0) is 14.0. The highest BCUT2D eigenvalue weighted by Gasteiger charge is 2.17. The van der Waals surface area contributed by atoms with Gasteiger partial charge in [-0.1, -0.05) is 11.6 Å². The molecule has 1 amide bonds. The summed E-state index contributed by atoms with van der Waals surface area (Å²) in [4.78, 5) is 17.8. The quantitative estimate of drug-likeness (QED) is 0.867. The van der Waals surface area contributed by atoms with Crippen molar-refractivity contribution in [1.29, 1.82) is 0 Å². The summed E-state index contributed by atoms with van der Waals surface area (Å²) >= 11 is 5.87. The van der Waals surface area contributed by atoms with Crippen LogP contribution in [0.4, 0.5) is 4.39 Å². The van der Waals surface area contributed by atoms with E-state index in [1.807, 2.05) is 11.6 Å². The van der Waals surface area contributed by atoms with Gasteiger partial charge in [0.2, 0.25) is 0 Å². The molecule has 0 saturated carbocycles. The molecule has 4 nitrogen and oxygen atoms in total. The van der Waals surface area contributed by atoms with Gasteiger partial charge in [-0.25, -0.2) is 9.37 Å². The molecule has 6 heteroatoms. The fourth-order valence-electron chi connectivity index (χ4n) is 1.70. The van der Waals surface area contributed by atoms with Crippen LogP contribution in [0.15, 0.2) is 30.6 Å². The lowest BCUT2D eigenvalue weighted by molar-refractivity contribution is 0.0780. The first kappa shape index (κ1) is 13.5. The van der Waals surface area contributed by atoms with Gasteiger partial charge >= 0.3 is 0 Å². The smallest absolute Gasteiger partial charge is 0.255 e. The van der Waals surface area contributed by atoms with Gasteiger partial charge in [-0.05, 0) is 18.2 Å². The number of benzene rings is 1. The largest absolute Gasteiger partial charge is 0.337 e. The molecular weight excluding hydrogens is 269 g/mol. The fourth-order valence-corrected chi connectivity index (χ4v) is 1.95. The number of carbonyl (C=O) groups excluding carboxylic acids is 1. The van der Waals surface area contributed by atoms with Gasteiger partial charge in [0, 0.05) is 26.5 Å². The minimum Gasteiger partial charge on any atom is -0.337 e. The predicted octanol–water partition coefficient (Wildman–Crippen LogP) is 2.48. The van der Waals surface area contributed by atoms with E-state index in [-0.39, 0.29) is 16.5 Å². The second-order valence-corrected chi connectivity index (χ2v) is 4.65. The highest BCUT2D eigenvalue weighted by atomic mass is 35.5. The molecule has 0 saturated heterocycles. The molecule has 0 spiro atoms. The van der Waals surface area contributed by atoms with E-state index in [4.69, 9.17) is 11.6 Å². The second kappa shape index (κ2) is 5.40. The Bertz CT molecular complexity index is 612. The molecule has 0 fully saturated rings. The van der Waals surface area contributed by atoms with E-state index in [1.54, 1.807) is 19.4 Å². The Morgan fingerprint density at radius 1 is 1.53 bits per heavy atom. The van der Waals surface area contributed by atoms with Crippen molar-refractivity contribution < 1.29 is 9.18 Å². The van der Waals surface area contributed by atoms with E-state index in [9.17, 15) is 9.18 Å². The van der Waals surface area contributed by atoms with Crippen LogP contribution in [0.3, 0.4) is 0 Å². The van der Waals surface area contributed by atoms with Crippen molar-refractivity contribution in [1.82, 2.24) is 14.5 Å². The maximum absolute atomic E-state index is 12.9. The van der Waals surface area contributed by atoms with Gasteiger partial charge < -0.3 is 9.47 Å². The Labute approximate surface area is 115 Å². The Balaban J connectivity index is 2.17. The summed E-state index contributed by atoms with van der Waals surface area (Å²) < 4.78 is 14.8. The van der Waals surface area contributed by atoms with Crippen LogP contribution in [-0.4, -0.2) is 27.4 Å². The maximum Gasteiger partial charge on any atom is 0.255 e. The van der Waals surface area contributed by atoms with Crippen molar-refractivity contribution in [2.75, 3.05) is 7.05 Å². The molecule has 0 bridgehead atoms. The Kier molecular flexibility index (Phi) is 3.85. The number of nitrogens with zero attached hydrogens (tertiary/aromatic N) is 3. The third-order valence-electron chi connectivity index (χ3n) is 2.81. The minimum atomic E-state index is -0.465. The number of aromatic nitrogens is 2. The molecule has 100 valence electrons. The first-order chi connectivity index (χ1) is 8.99. The van der Waals surface area contributed by atoms with E-state index in [2.05, 4.69) is 4.98 Å². The number of carbonyl (C=O) groups is 1. The van der Waals surface area contributed by atoms with Crippen LogP contribution in [0.5, 0.6) is 0 Å². The summed E-state index contributed by atoms with van der Waals surface area (Å²) in [5, 5.41) is 0.108. The van der Waals surface area contributed by atoms with Crippen LogP contribution in [0, 0.1) is 5.82 Å². The van der Waals surface area contributed by atoms with Crippen molar-refractivity contribution in [3.63, 3.8) is 0 Å². The Morgan fingerprint density at radius 2 is 2.26 bits per heavy atom. The molecule has 0 N–H and O–H groups in total. The third-order valence-corrected chi connectivity index (χ3v) is 3.12. The lowest BCUT2D eigenvalue weighted by atomic mass is 10.2. The molecule has 19 heavy (non-hydrogen) atoms. The second-order valence-electron chi connectivity index (χ2n) is 4.24. The molecule has 2 rings (SSSR count). The van der Waals surface area contributed by atoms with Gasteiger partial charge in [0.05, 0.1) is 17.1 Å². The summed E-state index contributed by atoms with van der Waals surface area (Å²) in [6.45, 7) is 0.357. The summed E-state index contributed by atoms with van der Waals surface area (Å²) in [6, 6.07) is 3.73. The molecule has 0 unspecified atom stereocenters. The average molecular weight is 282 g/mol. The summed E-state index contributed by atoms with van der Waals surface area (Å²) in [5.41, 5.74) is 0.278. The van der Waals surface area contributed by atoms with Gasteiger partial charge in [0.15, 0.2) is 0 Å². The van der Waals surface area contributed by atoms with Crippen molar-refractivity contribution in [3.05, 3.63) is 52.8 Å². The SMILES string of the molecule is CN(Cc1nccn1C)C(=O)c1ccc(F)cc1Cl. The minimum absolute atomic E-state index is 0.108. The number of rotatable bonds is 3. The van der Waals surface area contributed by atoms with Gasteiger partial charge in [-0.3, -0.25) is 4.79 Å². The van der Waals surface area contributed by atoms with Crippen LogP contribution < -0.4 is 0 Å². The maximum atomic E-state index is 12.9. The normalized spacial score (nSPS) is 10.5. The van der Waals surface area contributed by atoms with Crippen molar-refractivity contribution in [2.24, 2.45) is 7.05 Å². The van der Waals surface area contributed by atoms with Crippen molar-refractivity contribution >= 4 is 17.5 Å². The first-order valence-corrected chi connectivity index (χ1v) is 6.03. The lowest BCUT2D eigenvalue weighted by Crippen LogP contribution is -2.27. The lowest BCUT2D eigenvalue weighted by Gasteiger charge is -2.17. The van der Waals surface area contributed by atoms with Crippen LogP contribution in [0.25, 0.3) is 0 Å². The van der Waals surface area contributed by atoms with E-state index in [0.717, 1.165) is 11.9 Å². The van der Waals surface area contributed by atoms with E-state index >= 15 is 0 Å². The van der Waals surface area contributed by atoms with Crippen molar-refractivity contribution in [2.45, 2.75) is 6.54 Å². The van der Waals surface area contributed by atoms with Gasteiger partial charge in [0.1, 0.15) is 11.6 Å². The van der Waals surface area contributed by atoms with Crippen molar-refractivity contribution in [3.8, 4) is 0 Å². The molecule has 1 heterocycles. The molecule has 0 radical (unpaired) electrons. The number of hydrogen-bond acceptors (Lipinski definition) is 2. The Hall–Kier alpha value is -1.88. The zero-order valence-electron chi connectivity index (χ0n) is 10.6. The first-order valence-electron chi connectivity index (χ1n) is 5.65. The van der Waals surface area contributed by atoms with E-state index in [1.165, 1.54) is 17.0 Å². The third kappa shape index (κ3) is 2.93.